The number of nitrogens with two attached hydrogens (primary N) is 1. The SMILES string of the molecule is NC(=O)c1c(NC(=O)CN2CCCCC2c2nc3ccccc3s2)sc2c1CCC2. The molecule has 2 aromatic heterocycles. The van der Waals surface area contributed by atoms with Gasteiger partial charge < -0.3 is 11.1 Å². The van der Waals surface area contributed by atoms with E-state index in [4.69, 9.17) is 10.7 Å². The van der Waals surface area contributed by atoms with E-state index in [0.717, 1.165) is 61.2 Å². The average molecular weight is 441 g/mol. The number of fused-ring (bicyclic) bond motifs is 2. The number of aryl methyl sites for hydroxylation is 1. The van der Waals surface area contributed by atoms with Crippen LogP contribution in [-0.2, 0) is 17.6 Å². The molecular weight excluding hydrogens is 416 g/mol. The van der Waals surface area contributed by atoms with Gasteiger partial charge in [-0.1, -0.05) is 18.6 Å². The molecule has 6 nitrogen and oxygen atoms in total. The minimum absolute atomic E-state index is 0.0922. The number of carbonyl (C=O) groups is 2. The van der Waals surface area contributed by atoms with Crippen molar-refractivity contribution in [2.75, 3.05) is 18.4 Å². The third-order valence-electron chi connectivity index (χ3n) is 5.98. The number of amides is 2. The van der Waals surface area contributed by atoms with Crippen molar-refractivity contribution in [2.24, 2.45) is 5.73 Å². The van der Waals surface area contributed by atoms with Gasteiger partial charge in [0.2, 0.25) is 5.91 Å². The van der Waals surface area contributed by atoms with Gasteiger partial charge in [-0.15, -0.1) is 22.7 Å². The number of para-hydroxylation sites is 1. The summed E-state index contributed by atoms with van der Waals surface area (Å²) in [7, 11) is 0. The first-order valence-corrected chi connectivity index (χ1v) is 12.1. The maximum absolute atomic E-state index is 12.9. The number of piperidine rings is 1. The average Bonchev–Trinajstić information content (AvgIpc) is 3.41. The molecule has 0 bridgehead atoms. The van der Waals surface area contributed by atoms with Gasteiger partial charge in [-0.2, -0.15) is 0 Å². The summed E-state index contributed by atoms with van der Waals surface area (Å²) in [4.78, 5) is 33.2. The number of aromatic nitrogens is 1. The highest BCUT2D eigenvalue weighted by Crippen LogP contribution is 2.39. The summed E-state index contributed by atoms with van der Waals surface area (Å²) < 4.78 is 1.18. The number of hydrogen-bond acceptors (Lipinski definition) is 6. The van der Waals surface area contributed by atoms with Crippen LogP contribution in [0.5, 0.6) is 0 Å². The first-order chi connectivity index (χ1) is 14.6. The van der Waals surface area contributed by atoms with E-state index in [1.807, 2.05) is 18.2 Å². The van der Waals surface area contributed by atoms with Crippen LogP contribution in [0, 0.1) is 0 Å². The zero-order chi connectivity index (χ0) is 20.7. The van der Waals surface area contributed by atoms with Gasteiger partial charge in [-0.3, -0.25) is 14.5 Å². The Kier molecular flexibility index (Phi) is 5.30. The third-order valence-corrected chi connectivity index (χ3v) is 8.32. The number of anilines is 1. The Hall–Kier alpha value is -2.29. The third kappa shape index (κ3) is 3.64. The molecule has 5 rings (SSSR count). The van der Waals surface area contributed by atoms with E-state index in [-0.39, 0.29) is 11.9 Å². The second-order valence-electron chi connectivity index (χ2n) is 7.98. The lowest BCUT2D eigenvalue weighted by Crippen LogP contribution is -2.39. The molecule has 1 unspecified atom stereocenters. The number of carbonyl (C=O) groups excluding carboxylic acids is 2. The minimum Gasteiger partial charge on any atom is -0.365 e. The highest BCUT2D eigenvalue weighted by Gasteiger charge is 2.30. The van der Waals surface area contributed by atoms with Gasteiger partial charge in [0.1, 0.15) is 10.0 Å². The Morgan fingerprint density at radius 1 is 1.17 bits per heavy atom. The number of nitrogens with zero attached hydrogens (tertiary/aromatic N) is 2. The molecule has 3 N–H and O–H groups in total. The fraction of sp³-hybridized carbons (Fsp3) is 0.409. The summed E-state index contributed by atoms with van der Waals surface area (Å²) in [5, 5.41) is 4.68. The molecule has 1 atom stereocenters. The number of likely N-dealkylation sites (tertiary alicyclic amines) is 1. The quantitative estimate of drug-likeness (QED) is 0.625. The monoisotopic (exact) mass is 440 g/mol. The van der Waals surface area contributed by atoms with Crippen LogP contribution in [0.2, 0.25) is 0 Å². The topological polar surface area (TPSA) is 88.3 Å². The standard InChI is InChI=1S/C22H24N4O2S2/c23-20(28)19-13-6-5-10-16(13)29-22(19)25-18(27)12-26-11-4-3-8-15(26)21-24-14-7-1-2-9-17(14)30-21/h1-2,7,9,15H,3-6,8,10-12H2,(H2,23,28)(H,25,27). The lowest BCUT2D eigenvalue weighted by atomic mass is 10.0. The number of benzene rings is 1. The van der Waals surface area contributed by atoms with Gasteiger partial charge in [0, 0.05) is 4.88 Å². The van der Waals surface area contributed by atoms with E-state index in [2.05, 4.69) is 16.3 Å². The molecule has 156 valence electrons. The fourth-order valence-electron chi connectivity index (χ4n) is 4.60. The maximum atomic E-state index is 12.9. The van der Waals surface area contributed by atoms with Crippen molar-refractivity contribution < 1.29 is 9.59 Å². The van der Waals surface area contributed by atoms with Crippen LogP contribution in [0.3, 0.4) is 0 Å². The molecule has 2 amide bonds. The normalized spacial score (nSPS) is 19.1. The van der Waals surface area contributed by atoms with E-state index in [1.54, 1.807) is 11.3 Å². The van der Waals surface area contributed by atoms with E-state index in [1.165, 1.54) is 20.9 Å². The highest BCUT2D eigenvalue weighted by molar-refractivity contribution is 7.18. The molecule has 0 saturated carbocycles. The molecule has 0 radical (unpaired) electrons. The van der Waals surface area contributed by atoms with Crippen molar-refractivity contribution in [3.8, 4) is 0 Å². The number of nitrogens with one attached hydrogen (secondary N) is 1. The molecule has 2 aliphatic rings. The number of primary amides is 1. The van der Waals surface area contributed by atoms with Crippen LogP contribution in [0.4, 0.5) is 5.00 Å². The van der Waals surface area contributed by atoms with Crippen LogP contribution >= 0.6 is 22.7 Å². The van der Waals surface area contributed by atoms with Gasteiger partial charge >= 0.3 is 0 Å². The molecule has 1 aliphatic heterocycles. The predicted molar refractivity (Wildman–Crippen MR) is 121 cm³/mol. The number of thiazole rings is 1. The maximum Gasteiger partial charge on any atom is 0.251 e. The summed E-state index contributed by atoms with van der Waals surface area (Å²) in [5.74, 6) is -0.541. The van der Waals surface area contributed by atoms with Crippen molar-refractivity contribution in [3.05, 3.63) is 45.3 Å². The first-order valence-electron chi connectivity index (χ1n) is 10.4. The van der Waals surface area contributed by atoms with Gasteiger partial charge in [0.15, 0.2) is 0 Å². The van der Waals surface area contributed by atoms with E-state index < -0.39 is 5.91 Å². The summed E-state index contributed by atoms with van der Waals surface area (Å²) >= 11 is 3.22. The molecular formula is C22H24N4O2S2. The van der Waals surface area contributed by atoms with Crippen molar-refractivity contribution >= 4 is 49.7 Å². The van der Waals surface area contributed by atoms with Crippen molar-refractivity contribution in [2.45, 2.75) is 44.6 Å². The Labute approximate surface area is 183 Å². The molecule has 3 aromatic rings. The van der Waals surface area contributed by atoms with E-state index in [0.29, 0.717) is 17.1 Å². The number of rotatable bonds is 5. The molecule has 0 spiro atoms. The van der Waals surface area contributed by atoms with Crippen molar-refractivity contribution in [1.82, 2.24) is 9.88 Å². The van der Waals surface area contributed by atoms with Gasteiger partial charge in [-0.25, -0.2) is 4.98 Å². The summed E-state index contributed by atoms with van der Waals surface area (Å²) in [6.45, 7) is 1.17. The van der Waals surface area contributed by atoms with Gasteiger partial charge in [0.05, 0.1) is 28.4 Å². The van der Waals surface area contributed by atoms with Crippen LogP contribution in [0.25, 0.3) is 10.2 Å². The van der Waals surface area contributed by atoms with Crippen LogP contribution in [-0.4, -0.2) is 34.8 Å². The van der Waals surface area contributed by atoms with Crippen molar-refractivity contribution in [1.29, 1.82) is 0 Å². The Balaban J connectivity index is 1.34. The molecule has 1 aliphatic carbocycles. The van der Waals surface area contributed by atoms with Crippen LogP contribution in [0.1, 0.15) is 57.5 Å². The Morgan fingerprint density at radius 3 is 2.87 bits per heavy atom. The Bertz CT molecular complexity index is 1090. The largest absolute Gasteiger partial charge is 0.365 e. The number of thiophene rings is 1. The summed E-state index contributed by atoms with van der Waals surface area (Å²) in [6, 6.07) is 8.33. The van der Waals surface area contributed by atoms with Crippen LogP contribution in [0.15, 0.2) is 24.3 Å². The smallest absolute Gasteiger partial charge is 0.251 e. The second kappa shape index (κ2) is 8.09. The predicted octanol–water partition coefficient (Wildman–Crippen LogP) is 4.11. The van der Waals surface area contributed by atoms with Crippen molar-refractivity contribution in [3.63, 3.8) is 0 Å². The summed E-state index contributed by atoms with van der Waals surface area (Å²) in [6.07, 6.45) is 6.10. The molecule has 3 heterocycles. The first kappa shape index (κ1) is 19.7. The second-order valence-corrected chi connectivity index (χ2v) is 10.1. The minimum atomic E-state index is -0.449. The summed E-state index contributed by atoms with van der Waals surface area (Å²) in [5.41, 5.74) is 8.20. The molecule has 1 saturated heterocycles. The fourth-order valence-corrected chi connectivity index (χ4v) is 7.04. The molecule has 1 aromatic carbocycles. The van der Waals surface area contributed by atoms with Crippen LogP contribution < -0.4 is 11.1 Å². The zero-order valence-electron chi connectivity index (χ0n) is 16.6. The van der Waals surface area contributed by atoms with Gasteiger partial charge in [0.25, 0.3) is 5.91 Å². The molecule has 30 heavy (non-hydrogen) atoms. The highest BCUT2D eigenvalue weighted by atomic mass is 32.1. The molecule has 1 fully saturated rings. The number of hydrogen-bond donors (Lipinski definition) is 2. The van der Waals surface area contributed by atoms with E-state index >= 15 is 0 Å². The molecule has 8 heteroatoms. The lowest BCUT2D eigenvalue weighted by molar-refractivity contribution is -0.118. The lowest BCUT2D eigenvalue weighted by Gasteiger charge is -2.33. The Morgan fingerprint density at radius 2 is 2.03 bits per heavy atom. The van der Waals surface area contributed by atoms with Gasteiger partial charge in [-0.05, 0) is 56.3 Å². The van der Waals surface area contributed by atoms with E-state index in [9.17, 15) is 9.59 Å². The zero-order valence-corrected chi connectivity index (χ0v) is 18.3.